The molecule has 0 spiro atoms. The number of hydrogen-bond donors (Lipinski definition) is 1. The van der Waals surface area contributed by atoms with Crippen LogP contribution in [0.25, 0.3) is 28.2 Å². The van der Waals surface area contributed by atoms with Gasteiger partial charge in [-0.1, -0.05) is 55.5 Å². The van der Waals surface area contributed by atoms with E-state index in [-0.39, 0.29) is 5.41 Å². The van der Waals surface area contributed by atoms with Crippen molar-refractivity contribution < 1.29 is 4.42 Å². The molecule has 4 aromatic rings. The van der Waals surface area contributed by atoms with E-state index in [9.17, 15) is 0 Å². The first kappa shape index (κ1) is 18.3. The van der Waals surface area contributed by atoms with Crippen LogP contribution in [0.5, 0.6) is 0 Å². The molecule has 3 heteroatoms. The van der Waals surface area contributed by atoms with Gasteiger partial charge in [-0.05, 0) is 75.8 Å². The van der Waals surface area contributed by atoms with Crippen molar-refractivity contribution in [3.05, 3.63) is 93.7 Å². The van der Waals surface area contributed by atoms with Gasteiger partial charge in [-0.15, -0.1) is 0 Å². The van der Waals surface area contributed by atoms with Crippen molar-refractivity contribution in [3.63, 3.8) is 0 Å². The molecule has 5 rings (SSSR count). The Hall–Kier alpha value is -2.78. The molecule has 29 heavy (non-hydrogen) atoms. The summed E-state index contributed by atoms with van der Waals surface area (Å²) in [5.74, 6) is 0.984. The molecule has 1 heterocycles. The van der Waals surface area contributed by atoms with Gasteiger partial charge in [0, 0.05) is 26.5 Å². The van der Waals surface area contributed by atoms with E-state index in [0.29, 0.717) is 0 Å². The van der Waals surface area contributed by atoms with E-state index in [1.54, 1.807) is 0 Å². The smallest absolute Gasteiger partial charge is 0.135 e. The Balaban J connectivity index is 1.57. The largest absolute Gasteiger partial charge is 0.456 e. The molecule has 0 saturated carbocycles. The molecule has 0 fully saturated rings. The highest BCUT2D eigenvalue weighted by atomic mass is 79.9. The molecule has 2 N–H and O–H groups in total. The zero-order valence-electron chi connectivity index (χ0n) is 16.5. The summed E-state index contributed by atoms with van der Waals surface area (Å²) in [5.41, 5.74) is 13.8. The number of hydrogen-bond acceptors (Lipinski definition) is 2. The van der Waals surface area contributed by atoms with Crippen LogP contribution >= 0.6 is 15.9 Å². The van der Waals surface area contributed by atoms with Crippen molar-refractivity contribution in [1.82, 2.24) is 0 Å². The summed E-state index contributed by atoms with van der Waals surface area (Å²) >= 11 is 3.59. The van der Waals surface area contributed by atoms with Gasteiger partial charge in [0.2, 0.25) is 0 Å². The van der Waals surface area contributed by atoms with E-state index >= 15 is 0 Å². The van der Waals surface area contributed by atoms with E-state index in [2.05, 4.69) is 83.5 Å². The molecule has 0 bridgehead atoms. The van der Waals surface area contributed by atoms with Crippen LogP contribution < -0.4 is 5.73 Å². The van der Waals surface area contributed by atoms with Crippen molar-refractivity contribution in [1.29, 1.82) is 0 Å². The zero-order valence-corrected chi connectivity index (χ0v) is 18.1. The molecule has 1 atom stereocenters. The average Bonchev–Trinajstić information content (AvgIpc) is 3.09. The summed E-state index contributed by atoms with van der Waals surface area (Å²) in [6.07, 6.45) is 5.33. The molecule has 1 aromatic heterocycles. The Morgan fingerprint density at radius 1 is 1.00 bits per heavy atom. The first-order valence-electron chi connectivity index (χ1n) is 9.81. The van der Waals surface area contributed by atoms with Crippen molar-refractivity contribution in [2.75, 3.05) is 5.73 Å². The molecule has 1 aliphatic rings. The summed E-state index contributed by atoms with van der Waals surface area (Å²) in [5, 5.41) is 1.22. The third kappa shape index (κ3) is 3.01. The number of nitrogens with two attached hydrogens (primary N) is 1. The van der Waals surface area contributed by atoms with E-state index in [1.165, 1.54) is 27.6 Å². The minimum atomic E-state index is -0.0876. The predicted molar refractivity (Wildman–Crippen MR) is 125 cm³/mol. The van der Waals surface area contributed by atoms with E-state index in [1.807, 2.05) is 19.1 Å². The molecule has 0 amide bonds. The number of nitrogen functional groups attached to an aromatic ring is 1. The van der Waals surface area contributed by atoms with Crippen LogP contribution in [0, 0.1) is 6.92 Å². The van der Waals surface area contributed by atoms with E-state index < -0.39 is 0 Å². The second-order valence-corrected chi connectivity index (χ2v) is 8.99. The average molecular weight is 444 g/mol. The normalized spacial score (nSPS) is 18.2. The standard InChI is InChI=1S/C26H22BrNO/c1-16-12-18(14-22(27)25(16)28)17-6-5-7-19(13-17)26(2)11-10-24-21(15-26)20-8-3-4-9-23(20)29-24/h3-14H,15,28H2,1-2H3. The zero-order chi connectivity index (χ0) is 20.2. The van der Waals surface area contributed by atoms with Gasteiger partial charge < -0.3 is 10.2 Å². The van der Waals surface area contributed by atoms with Gasteiger partial charge >= 0.3 is 0 Å². The van der Waals surface area contributed by atoms with Gasteiger partial charge in [-0.3, -0.25) is 0 Å². The predicted octanol–water partition coefficient (Wildman–Crippen LogP) is 7.28. The molecular formula is C26H22BrNO. The topological polar surface area (TPSA) is 39.2 Å². The highest BCUT2D eigenvalue weighted by molar-refractivity contribution is 9.10. The second-order valence-electron chi connectivity index (χ2n) is 8.14. The molecule has 3 aromatic carbocycles. The highest BCUT2D eigenvalue weighted by Gasteiger charge is 2.31. The lowest BCUT2D eigenvalue weighted by Crippen LogP contribution is -2.24. The number of furan rings is 1. The van der Waals surface area contributed by atoms with Gasteiger partial charge in [-0.2, -0.15) is 0 Å². The fourth-order valence-electron chi connectivity index (χ4n) is 4.29. The Kier molecular flexibility index (Phi) is 4.18. The van der Waals surface area contributed by atoms with Gasteiger partial charge in [0.1, 0.15) is 11.3 Å². The number of allylic oxidation sites excluding steroid dienone is 1. The van der Waals surface area contributed by atoms with Gasteiger partial charge in [0.25, 0.3) is 0 Å². The fraction of sp³-hybridized carbons (Fsp3) is 0.154. The lowest BCUT2D eigenvalue weighted by atomic mass is 9.73. The summed E-state index contributed by atoms with van der Waals surface area (Å²) in [6.45, 7) is 4.35. The lowest BCUT2D eigenvalue weighted by Gasteiger charge is -2.30. The molecular weight excluding hydrogens is 422 g/mol. The number of para-hydroxylation sites is 1. The molecule has 1 aliphatic carbocycles. The van der Waals surface area contributed by atoms with Gasteiger partial charge in [-0.25, -0.2) is 0 Å². The molecule has 0 saturated heterocycles. The Morgan fingerprint density at radius 2 is 1.83 bits per heavy atom. The first-order chi connectivity index (χ1) is 13.9. The van der Waals surface area contributed by atoms with Crippen LogP contribution in [0.3, 0.4) is 0 Å². The van der Waals surface area contributed by atoms with E-state index in [4.69, 9.17) is 10.2 Å². The van der Waals surface area contributed by atoms with E-state index in [0.717, 1.165) is 33.5 Å². The second kappa shape index (κ2) is 6.64. The lowest BCUT2D eigenvalue weighted by molar-refractivity contribution is 0.550. The van der Waals surface area contributed by atoms with Crippen LogP contribution in [-0.2, 0) is 11.8 Å². The maximum atomic E-state index is 6.11. The number of rotatable bonds is 2. The molecule has 2 nitrogen and oxygen atoms in total. The first-order valence-corrected chi connectivity index (χ1v) is 10.6. The number of fused-ring (bicyclic) bond motifs is 3. The van der Waals surface area contributed by atoms with Gasteiger partial charge in [0.15, 0.2) is 0 Å². The molecule has 0 aliphatic heterocycles. The van der Waals surface area contributed by atoms with Crippen molar-refractivity contribution in [2.45, 2.75) is 25.7 Å². The third-order valence-corrected chi connectivity index (χ3v) is 6.72. The van der Waals surface area contributed by atoms with Gasteiger partial charge in [0.05, 0.1) is 0 Å². The molecule has 1 unspecified atom stereocenters. The summed E-state index contributed by atoms with van der Waals surface area (Å²) in [7, 11) is 0. The van der Waals surface area contributed by atoms with Crippen LogP contribution in [0.15, 0.2) is 75.6 Å². The third-order valence-electron chi connectivity index (χ3n) is 6.07. The minimum absolute atomic E-state index is 0.0876. The molecule has 144 valence electrons. The quantitative estimate of drug-likeness (QED) is 0.330. The summed E-state index contributed by atoms with van der Waals surface area (Å²) < 4.78 is 6.99. The Labute approximate surface area is 179 Å². The van der Waals surface area contributed by atoms with Crippen molar-refractivity contribution >= 4 is 38.7 Å². The highest BCUT2D eigenvalue weighted by Crippen LogP contribution is 2.41. The minimum Gasteiger partial charge on any atom is -0.456 e. The summed E-state index contributed by atoms with van der Waals surface area (Å²) in [6, 6.07) is 21.4. The van der Waals surface area contributed by atoms with Crippen molar-refractivity contribution in [3.8, 4) is 11.1 Å². The summed E-state index contributed by atoms with van der Waals surface area (Å²) in [4.78, 5) is 0. The van der Waals surface area contributed by atoms with Crippen molar-refractivity contribution in [2.24, 2.45) is 0 Å². The monoisotopic (exact) mass is 443 g/mol. The fourth-order valence-corrected chi connectivity index (χ4v) is 4.85. The number of aryl methyl sites for hydroxylation is 1. The van der Waals surface area contributed by atoms with Crippen LogP contribution in [0.1, 0.15) is 29.4 Å². The maximum Gasteiger partial charge on any atom is 0.135 e. The van der Waals surface area contributed by atoms with Crippen LogP contribution in [-0.4, -0.2) is 0 Å². The SMILES string of the molecule is Cc1cc(-c2cccc(C3(C)C=Cc4oc5ccccc5c4C3)c2)cc(Br)c1N. The Bertz CT molecular complexity index is 1260. The van der Waals surface area contributed by atoms with Crippen LogP contribution in [0.4, 0.5) is 5.69 Å². The number of halogens is 1. The maximum absolute atomic E-state index is 6.11. The molecule has 0 radical (unpaired) electrons. The number of benzene rings is 3. The van der Waals surface area contributed by atoms with Crippen LogP contribution in [0.2, 0.25) is 0 Å². The Morgan fingerprint density at radius 3 is 2.66 bits per heavy atom. The number of anilines is 1.